The highest BCUT2D eigenvalue weighted by atomic mass is 35.5. The number of amides is 1. The molecule has 0 bridgehead atoms. The number of anilines is 1. The monoisotopic (exact) mass is 255 g/mol. The summed E-state index contributed by atoms with van der Waals surface area (Å²) in [5, 5.41) is 3.07. The molecule has 3 N–H and O–H groups in total. The van der Waals surface area contributed by atoms with E-state index in [1.807, 2.05) is 13.8 Å². The highest BCUT2D eigenvalue weighted by Crippen LogP contribution is 2.20. The Morgan fingerprint density at radius 1 is 1.65 bits per heavy atom. The number of aromatic nitrogens is 1. The van der Waals surface area contributed by atoms with Crippen LogP contribution in [-0.4, -0.2) is 16.9 Å². The average molecular weight is 256 g/mol. The van der Waals surface area contributed by atoms with Crippen molar-refractivity contribution < 1.29 is 4.79 Å². The average Bonchev–Trinajstić information content (AvgIpc) is 2.23. The van der Waals surface area contributed by atoms with Gasteiger partial charge >= 0.3 is 0 Å². The van der Waals surface area contributed by atoms with Crippen LogP contribution in [0.25, 0.3) is 0 Å². The predicted octanol–water partition coefficient (Wildman–Crippen LogP) is 2.50. The number of pyridine rings is 1. The first-order valence-corrected chi connectivity index (χ1v) is 6.04. The molecular formula is C12H18ClN3O. The molecule has 1 aromatic rings. The number of hydrogen-bond donors (Lipinski definition) is 2. The van der Waals surface area contributed by atoms with Crippen molar-refractivity contribution in [3.05, 3.63) is 23.0 Å². The summed E-state index contributed by atoms with van der Waals surface area (Å²) in [6, 6.07) is 1.94. The molecule has 0 saturated heterocycles. The van der Waals surface area contributed by atoms with Gasteiger partial charge in [0.2, 0.25) is 5.91 Å². The van der Waals surface area contributed by atoms with Crippen LogP contribution >= 0.6 is 11.6 Å². The number of nitrogens with one attached hydrogen (secondary N) is 1. The van der Waals surface area contributed by atoms with E-state index >= 15 is 0 Å². The van der Waals surface area contributed by atoms with Crippen molar-refractivity contribution in [2.24, 2.45) is 5.73 Å². The zero-order valence-electron chi connectivity index (χ0n) is 10.2. The number of aryl methyl sites for hydroxylation is 1. The highest BCUT2D eigenvalue weighted by Gasteiger charge is 2.07. The number of rotatable bonds is 5. The Morgan fingerprint density at radius 3 is 3.00 bits per heavy atom. The van der Waals surface area contributed by atoms with E-state index < -0.39 is 0 Å². The van der Waals surface area contributed by atoms with Crippen LogP contribution < -0.4 is 11.1 Å². The van der Waals surface area contributed by atoms with E-state index in [1.54, 1.807) is 12.3 Å². The van der Waals surface area contributed by atoms with Gasteiger partial charge in [-0.3, -0.25) is 4.79 Å². The first-order valence-electron chi connectivity index (χ1n) is 5.66. The second kappa shape index (κ2) is 6.57. The second-order valence-corrected chi connectivity index (χ2v) is 4.63. The number of nitrogens with two attached hydrogens (primary N) is 1. The molecule has 5 heteroatoms. The van der Waals surface area contributed by atoms with E-state index in [2.05, 4.69) is 10.3 Å². The van der Waals surface area contributed by atoms with Gasteiger partial charge in [0.05, 0.1) is 5.69 Å². The summed E-state index contributed by atoms with van der Waals surface area (Å²) in [6.45, 7) is 3.83. The first kappa shape index (κ1) is 13.9. The molecule has 0 spiro atoms. The molecule has 0 aliphatic rings. The fraction of sp³-hybridized carbons (Fsp3) is 0.500. The molecule has 1 heterocycles. The molecule has 0 aliphatic heterocycles. The van der Waals surface area contributed by atoms with E-state index in [-0.39, 0.29) is 11.9 Å². The molecule has 4 nitrogen and oxygen atoms in total. The van der Waals surface area contributed by atoms with Gasteiger partial charge in [0.25, 0.3) is 0 Å². The third-order valence-electron chi connectivity index (χ3n) is 2.31. The van der Waals surface area contributed by atoms with Crippen molar-refractivity contribution in [1.82, 2.24) is 4.98 Å². The van der Waals surface area contributed by atoms with E-state index in [0.717, 1.165) is 18.4 Å². The van der Waals surface area contributed by atoms with Crippen LogP contribution in [0.5, 0.6) is 0 Å². The lowest BCUT2D eigenvalue weighted by Gasteiger charge is -2.08. The van der Waals surface area contributed by atoms with E-state index in [0.29, 0.717) is 17.3 Å². The summed E-state index contributed by atoms with van der Waals surface area (Å²) in [6.07, 6.45) is 3.73. The lowest BCUT2D eigenvalue weighted by molar-refractivity contribution is -0.116. The molecule has 1 rings (SSSR count). The van der Waals surface area contributed by atoms with Gasteiger partial charge in [-0.1, -0.05) is 11.6 Å². The summed E-state index contributed by atoms with van der Waals surface area (Å²) >= 11 is 5.88. The maximum Gasteiger partial charge on any atom is 0.224 e. The highest BCUT2D eigenvalue weighted by molar-refractivity contribution is 6.32. The minimum absolute atomic E-state index is 0.0556. The van der Waals surface area contributed by atoms with Crippen LogP contribution in [0.1, 0.15) is 31.7 Å². The summed E-state index contributed by atoms with van der Waals surface area (Å²) in [4.78, 5) is 15.6. The first-order chi connectivity index (χ1) is 7.99. The van der Waals surface area contributed by atoms with Crippen LogP contribution in [0.4, 0.5) is 5.69 Å². The van der Waals surface area contributed by atoms with Gasteiger partial charge in [-0.25, -0.2) is 4.98 Å². The molecule has 0 saturated carbocycles. The molecule has 94 valence electrons. The Balaban J connectivity index is 2.47. The maximum absolute atomic E-state index is 11.6. The lowest BCUT2D eigenvalue weighted by Crippen LogP contribution is -2.17. The molecule has 1 aromatic heterocycles. The minimum Gasteiger partial charge on any atom is -0.328 e. The summed E-state index contributed by atoms with van der Waals surface area (Å²) in [5.74, 6) is -0.0556. The Kier molecular flexibility index (Phi) is 5.38. The molecule has 0 aliphatic carbocycles. The SMILES string of the molecule is Cc1cnc(Cl)c(NC(=O)CCCC(C)N)c1. The molecule has 0 aromatic carbocycles. The second-order valence-electron chi connectivity index (χ2n) is 4.27. The van der Waals surface area contributed by atoms with Crippen molar-refractivity contribution in [2.75, 3.05) is 5.32 Å². The Morgan fingerprint density at radius 2 is 2.35 bits per heavy atom. The summed E-state index contributed by atoms with van der Waals surface area (Å²) in [7, 11) is 0. The van der Waals surface area contributed by atoms with Crippen molar-refractivity contribution in [3.63, 3.8) is 0 Å². The van der Waals surface area contributed by atoms with Gasteiger partial charge < -0.3 is 11.1 Å². The van der Waals surface area contributed by atoms with Gasteiger partial charge in [-0.15, -0.1) is 0 Å². The zero-order valence-corrected chi connectivity index (χ0v) is 10.9. The van der Waals surface area contributed by atoms with Gasteiger partial charge in [0.15, 0.2) is 5.15 Å². The van der Waals surface area contributed by atoms with Crippen molar-refractivity contribution in [1.29, 1.82) is 0 Å². The number of carbonyl (C=O) groups excluding carboxylic acids is 1. The van der Waals surface area contributed by atoms with Crippen LogP contribution in [0.3, 0.4) is 0 Å². The molecule has 1 atom stereocenters. The van der Waals surface area contributed by atoms with Gasteiger partial charge in [0.1, 0.15) is 0 Å². The van der Waals surface area contributed by atoms with Gasteiger partial charge in [-0.2, -0.15) is 0 Å². The number of nitrogens with zero attached hydrogens (tertiary/aromatic N) is 1. The summed E-state index contributed by atoms with van der Waals surface area (Å²) < 4.78 is 0. The topological polar surface area (TPSA) is 68.0 Å². The van der Waals surface area contributed by atoms with E-state index in [4.69, 9.17) is 17.3 Å². The van der Waals surface area contributed by atoms with E-state index in [1.165, 1.54) is 0 Å². The standard InChI is InChI=1S/C12H18ClN3O/c1-8-6-10(12(13)15-7-8)16-11(17)5-3-4-9(2)14/h6-7,9H,3-5,14H2,1-2H3,(H,16,17). The minimum atomic E-state index is -0.0556. The fourth-order valence-electron chi connectivity index (χ4n) is 1.44. The Bertz CT molecular complexity index is 393. The quantitative estimate of drug-likeness (QED) is 0.795. The molecule has 0 fully saturated rings. The number of carbonyl (C=O) groups is 1. The van der Waals surface area contributed by atoms with Crippen LogP contribution in [0, 0.1) is 6.92 Å². The van der Waals surface area contributed by atoms with E-state index in [9.17, 15) is 4.79 Å². The van der Waals surface area contributed by atoms with Crippen LogP contribution in [-0.2, 0) is 4.79 Å². The van der Waals surface area contributed by atoms with Crippen LogP contribution in [0.2, 0.25) is 5.15 Å². The third-order valence-corrected chi connectivity index (χ3v) is 2.61. The molecule has 1 unspecified atom stereocenters. The Labute approximate surface area is 107 Å². The largest absolute Gasteiger partial charge is 0.328 e. The normalized spacial score (nSPS) is 12.2. The maximum atomic E-state index is 11.6. The molecule has 0 radical (unpaired) electrons. The Hall–Kier alpha value is -1.13. The summed E-state index contributed by atoms with van der Waals surface area (Å²) in [5.41, 5.74) is 7.14. The third kappa shape index (κ3) is 5.15. The van der Waals surface area contributed by atoms with Crippen molar-refractivity contribution >= 4 is 23.2 Å². The zero-order chi connectivity index (χ0) is 12.8. The fourth-order valence-corrected chi connectivity index (χ4v) is 1.59. The number of hydrogen-bond acceptors (Lipinski definition) is 3. The smallest absolute Gasteiger partial charge is 0.224 e. The predicted molar refractivity (Wildman–Crippen MR) is 70.1 cm³/mol. The molecule has 1 amide bonds. The number of halogens is 1. The van der Waals surface area contributed by atoms with Crippen molar-refractivity contribution in [2.45, 2.75) is 39.2 Å². The van der Waals surface area contributed by atoms with Gasteiger partial charge in [0, 0.05) is 18.7 Å². The molecular weight excluding hydrogens is 238 g/mol. The molecule has 17 heavy (non-hydrogen) atoms. The lowest BCUT2D eigenvalue weighted by atomic mass is 10.1. The van der Waals surface area contributed by atoms with Gasteiger partial charge in [-0.05, 0) is 38.3 Å². The van der Waals surface area contributed by atoms with Crippen LogP contribution in [0.15, 0.2) is 12.3 Å². The van der Waals surface area contributed by atoms with Crippen molar-refractivity contribution in [3.8, 4) is 0 Å².